The van der Waals surface area contributed by atoms with E-state index in [2.05, 4.69) is 0 Å². The Kier molecular flexibility index (Phi) is 3.87. The van der Waals surface area contributed by atoms with E-state index < -0.39 is 12.1 Å². The molecule has 0 aliphatic carbocycles. The van der Waals surface area contributed by atoms with Crippen LogP contribution in [0.2, 0.25) is 5.02 Å². The van der Waals surface area contributed by atoms with Crippen LogP contribution in [0.5, 0.6) is 5.75 Å². The third-order valence-electron chi connectivity index (χ3n) is 2.07. The molecule has 0 aliphatic rings. The molecule has 17 heavy (non-hydrogen) atoms. The van der Waals surface area contributed by atoms with E-state index in [-0.39, 0.29) is 10.7 Å². The van der Waals surface area contributed by atoms with Gasteiger partial charge in [0.15, 0.2) is 0 Å². The summed E-state index contributed by atoms with van der Waals surface area (Å²) in [5, 5.41) is 0.131. The third kappa shape index (κ3) is 3.03. The lowest BCUT2D eigenvalue weighted by Gasteiger charge is -2.19. The number of alkyl halides is 3. The van der Waals surface area contributed by atoms with Crippen LogP contribution in [0.25, 0.3) is 0 Å². The number of benzene rings is 1. The first-order chi connectivity index (χ1) is 7.77. The maximum atomic E-state index is 12.2. The molecule has 1 aromatic rings. The highest BCUT2D eigenvalue weighted by molar-refractivity contribution is 6.32. The molecule has 0 aromatic heterocycles. The second-order valence-corrected chi connectivity index (χ2v) is 3.59. The molecule has 0 saturated heterocycles. The zero-order valence-corrected chi connectivity index (χ0v) is 9.76. The van der Waals surface area contributed by atoms with Gasteiger partial charge >= 0.3 is 12.1 Å². The Morgan fingerprint density at radius 1 is 1.41 bits per heavy atom. The van der Waals surface area contributed by atoms with Crippen LogP contribution < -0.4 is 9.64 Å². The molecule has 0 aliphatic heterocycles. The minimum Gasteiger partial charge on any atom is -0.495 e. The SMILES string of the molecule is COc1ccc(N(C)C(=O)C(F)(F)F)cc1Cl. The minimum atomic E-state index is -4.92. The van der Waals surface area contributed by atoms with Gasteiger partial charge in [0.25, 0.3) is 0 Å². The summed E-state index contributed by atoms with van der Waals surface area (Å²) in [6.45, 7) is 0. The number of methoxy groups -OCH3 is 1. The average Bonchev–Trinajstić information content (AvgIpc) is 2.25. The van der Waals surface area contributed by atoms with Crippen molar-refractivity contribution in [2.75, 3.05) is 19.1 Å². The van der Waals surface area contributed by atoms with Gasteiger partial charge in [0.1, 0.15) is 5.75 Å². The molecule has 0 unspecified atom stereocenters. The summed E-state index contributed by atoms with van der Waals surface area (Å²) >= 11 is 5.75. The fourth-order valence-corrected chi connectivity index (χ4v) is 1.42. The van der Waals surface area contributed by atoms with Crippen LogP contribution in [-0.4, -0.2) is 26.2 Å². The quantitative estimate of drug-likeness (QED) is 0.825. The second kappa shape index (κ2) is 4.83. The van der Waals surface area contributed by atoms with E-state index in [1.165, 1.54) is 25.3 Å². The highest BCUT2D eigenvalue weighted by atomic mass is 35.5. The number of carbonyl (C=O) groups excluding carboxylic acids is 1. The molecular weight excluding hydrogens is 259 g/mol. The molecule has 0 atom stereocenters. The van der Waals surface area contributed by atoms with Crippen molar-refractivity contribution in [3.8, 4) is 5.75 Å². The number of anilines is 1. The van der Waals surface area contributed by atoms with Gasteiger partial charge in [-0.25, -0.2) is 0 Å². The van der Waals surface area contributed by atoms with E-state index in [0.717, 1.165) is 7.05 Å². The van der Waals surface area contributed by atoms with Gasteiger partial charge < -0.3 is 9.64 Å². The monoisotopic (exact) mass is 267 g/mol. The Morgan fingerprint density at radius 2 is 2.00 bits per heavy atom. The van der Waals surface area contributed by atoms with Crippen LogP contribution in [0.3, 0.4) is 0 Å². The molecule has 1 rings (SSSR count). The first-order valence-electron chi connectivity index (χ1n) is 4.45. The van der Waals surface area contributed by atoms with E-state index >= 15 is 0 Å². The molecular formula is C10H9ClF3NO2. The molecule has 3 nitrogen and oxygen atoms in total. The van der Waals surface area contributed by atoms with Crippen LogP contribution in [-0.2, 0) is 4.79 Å². The predicted octanol–water partition coefficient (Wildman–Crippen LogP) is 2.87. The molecule has 0 radical (unpaired) electrons. The van der Waals surface area contributed by atoms with E-state index in [4.69, 9.17) is 16.3 Å². The van der Waals surface area contributed by atoms with Crippen molar-refractivity contribution in [2.24, 2.45) is 0 Å². The minimum absolute atomic E-state index is 0.0399. The van der Waals surface area contributed by atoms with E-state index in [9.17, 15) is 18.0 Å². The van der Waals surface area contributed by atoms with Crippen molar-refractivity contribution in [1.82, 2.24) is 0 Å². The predicted molar refractivity (Wildman–Crippen MR) is 57.5 cm³/mol. The summed E-state index contributed by atoms with van der Waals surface area (Å²) in [4.78, 5) is 11.4. The number of amides is 1. The van der Waals surface area contributed by atoms with Crippen molar-refractivity contribution in [2.45, 2.75) is 6.18 Å². The fourth-order valence-electron chi connectivity index (χ4n) is 1.17. The highest BCUT2D eigenvalue weighted by Crippen LogP contribution is 2.30. The lowest BCUT2D eigenvalue weighted by atomic mass is 10.2. The van der Waals surface area contributed by atoms with Crippen molar-refractivity contribution in [3.05, 3.63) is 23.2 Å². The molecule has 0 N–H and O–H groups in total. The molecule has 0 heterocycles. The van der Waals surface area contributed by atoms with E-state index in [1.54, 1.807) is 0 Å². The molecule has 7 heteroatoms. The van der Waals surface area contributed by atoms with Crippen LogP contribution in [0.4, 0.5) is 18.9 Å². The number of hydrogen-bond acceptors (Lipinski definition) is 2. The van der Waals surface area contributed by atoms with Gasteiger partial charge in [-0.2, -0.15) is 13.2 Å². The summed E-state index contributed by atoms with van der Waals surface area (Å²) in [5.41, 5.74) is 0.0399. The molecule has 0 bridgehead atoms. The first kappa shape index (κ1) is 13.6. The Hall–Kier alpha value is -1.43. The molecule has 0 fully saturated rings. The van der Waals surface area contributed by atoms with Gasteiger partial charge in [0.2, 0.25) is 0 Å². The number of carbonyl (C=O) groups is 1. The number of ether oxygens (including phenoxy) is 1. The summed E-state index contributed by atoms with van der Waals surface area (Å²) in [6, 6.07) is 3.93. The Morgan fingerprint density at radius 3 is 2.41 bits per heavy atom. The standard InChI is InChI=1S/C10H9ClF3NO2/c1-15(9(16)10(12,13)14)6-3-4-8(17-2)7(11)5-6/h3-5H,1-2H3. The Labute approximate surface area is 101 Å². The largest absolute Gasteiger partial charge is 0.495 e. The van der Waals surface area contributed by atoms with Crippen molar-refractivity contribution in [1.29, 1.82) is 0 Å². The van der Waals surface area contributed by atoms with Crippen LogP contribution in [0.1, 0.15) is 0 Å². The van der Waals surface area contributed by atoms with Crippen LogP contribution in [0.15, 0.2) is 18.2 Å². The van der Waals surface area contributed by atoms with Crippen LogP contribution >= 0.6 is 11.6 Å². The number of halogens is 4. The maximum absolute atomic E-state index is 12.2. The molecule has 1 aromatic carbocycles. The average molecular weight is 268 g/mol. The van der Waals surface area contributed by atoms with Crippen molar-refractivity contribution in [3.63, 3.8) is 0 Å². The zero-order valence-electron chi connectivity index (χ0n) is 9.01. The number of hydrogen-bond donors (Lipinski definition) is 0. The molecule has 94 valence electrons. The molecule has 0 saturated carbocycles. The van der Waals surface area contributed by atoms with Gasteiger partial charge in [0.05, 0.1) is 12.1 Å². The molecule has 0 spiro atoms. The second-order valence-electron chi connectivity index (χ2n) is 3.18. The highest BCUT2D eigenvalue weighted by Gasteiger charge is 2.41. The smallest absolute Gasteiger partial charge is 0.471 e. The van der Waals surface area contributed by atoms with Gasteiger partial charge in [-0.05, 0) is 18.2 Å². The summed E-state index contributed by atoms with van der Waals surface area (Å²) < 4.78 is 41.4. The van der Waals surface area contributed by atoms with Gasteiger partial charge in [-0.1, -0.05) is 11.6 Å². The van der Waals surface area contributed by atoms with E-state index in [0.29, 0.717) is 10.6 Å². The summed E-state index contributed by atoms with van der Waals surface area (Å²) in [5.74, 6) is -1.64. The Balaban J connectivity index is 3.02. The third-order valence-corrected chi connectivity index (χ3v) is 2.37. The number of rotatable bonds is 2. The van der Waals surface area contributed by atoms with Gasteiger partial charge in [-0.3, -0.25) is 4.79 Å². The van der Waals surface area contributed by atoms with Gasteiger partial charge in [0, 0.05) is 12.7 Å². The summed E-state index contributed by atoms with van der Waals surface area (Å²) in [7, 11) is 2.40. The fraction of sp³-hybridized carbons (Fsp3) is 0.300. The van der Waals surface area contributed by atoms with Gasteiger partial charge in [-0.15, -0.1) is 0 Å². The normalized spacial score (nSPS) is 11.2. The summed E-state index contributed by atoms with van der Waals surface area (Å²) in [6.07, 6.45) is -4.92. The number of nitrogens with zero attached hydrogens (tertiary/aromatic N) is 1. The Bertz CT molecular complexity index is 434. The first-order valence-corrected chi connectivity index (χ1v) is 4.83. The lowest BCUT2D eigenvalue weighted by molar-refractivity contribution is -0.170. The topological polar surface area (TPSA) is 29.5 Å². The van der Waals surface area contributed by atoms with Crippen molar-refractivity contribution < 1.29 is 22.7 Å². The van der Waals surface area contributed by atoms with E-state index in [1.807, 2.05) is 0 Å². The lowest BCUT2D eigenvalue weighted by Crippen LogP contribution is -2.38. The van der Waals surface area contributed by atoms with Crippen molar-refractivity contribution >= 4 is 23.2 Å². The van der Waals surface area contributed by atoms with Crippen LogP contribution in [0, 0.1) is 0 Å². The maximum Gasteiger partial charge on any atom is 0.471 e. The molecule has 1 amide bonds. The zero-order chi connectivity index (χ0) is 13.2.